The van der Waals surface area contributed by atoms with Crippen LogP contribution in [0.15, 0.2) is 42.5 Å². The first-order valence-electron chi connectivity index (χ1n) is 10.2. The van der Waals surface area contributed by atoms with Crippen molar-refractivity contribution in [3.05, 3.63) is 59.2 Å². The van der Waals surface area contributed by atoms with Crippen LogP contribution in [0, 0.1) is 5.92 Å². The van der Waals surface area contributed by atoms with Crippen molar-refractivity contribution in [2.24, 2.45) is 5.92 Å². The standard InChI is InChI=1S/C23H29N3O4/c1-29-20-7-6-19(13-21(20)30-2)23(28)26-15-17-4-3-5-18(12-17)22(27)25-14-16-8-10-24-11-9-16/h3-7,12-13,16,24H,8-11,14-15H2,1-2H3,(H,25,27)(H,26,28). The molecular weight excluding hydrogens is 382 g/mol. The normalized spacial score (nSPS) is 14.1. The summed E-state index contributed by atoms with van der Waals surface area (Å²) in [7, 11) is 3.08. The molecule has 1 heterocycles. The molecule has 2 aromatic carbocycles. The number of amides is 2. The molecule has 0 atom stereocenters. The Morgan fingerprint density at radius 1 is 0.933 bits per heavy atom. The van der Waals surface area contributed by atoms with Crippen molar-refractivity contribution in [2.45, 2.75) is 19.4 Å². The van der Waals surface area contributed by atoms with E-state index in [1.54, 1.807) is 31.4 Å². The molecule has 30 heavy (non-hydrogen) atoms. The molecular formula is C23H29N3O4. The van der Waals surface area contributed by atoms with Crippen molar-refractivity contribution < 1.29 is 19.1 Å². The average Bonchev–Trinajstić information content (AvgIpc) is 2.81. The summed E-state index contributed by atoms with van der Waals surface area (Å²) in [4.78, 5) is 25.0. The third kappa shape index (κ3) is 5.73. The van der Waals surface area contributed by atoms with Crippen LogP contribution >= 0.6 is 0 Å². The highest BCUT2D eigenvalue weighted by Gasteiger charge is 2.15. The van der Waals surface area contributed by atoms with Gasteiger partial charge in [0.15, 0.2) is 11.5 Å². The molecule has 7 heteroatoms. The third-order valence-corrected chi connectivity index (χ3v) is 5.30. The van der Waals surface area contributed by atoms with E-state index in [4.69, 9.17) is 9.47 Å². The summed E-state index contributed by atoms with van der Waals surface area (Å²) >= 11 is 0. The molecule has 160 valence electrons. The van der Waals surface area contributed by atoms with Crippen LogP contribution in [0.1, 0.15) is 39.1 Å². The number of nitrogens with one attached hydrogen (secondary N) is 3. The molecule has 0 aliphatic carbocycles. The predicted molar refractivity (Wildman–Crippen MR) is 115 cm³/mol. The van der Waals surface area contributed by atoms with Crippen LogP contribution in [0.2, 0.25) is 0 Å². The molecule has 2 aromatic rings. The third-order valence-electron chi connectivity index (χ3n) is 5.30. The van der Waals surface area contributed by atoms with Crippen molar-refractivity contribution in [1.29, 1.82) is 0 Å². The van der Waals surface area contributed by atoms with Gasteiger partial charge in [0.1, 0.15) is 0 Å². The van der Waals surface area contributed by atoms with E-state index in [0.717, 1.165) is 31.5 Å². The quantitative estimate of drug-likeness (QED) is 0.621. The van der Waals surface area contributed by atoms with Crippen molar-refractivity contribution >= 4 is 11.8 Å². The summed E-state index contributed by atoms with van der Waals surface area (Å²) < 4.78 is 10.4. The lowest BCUT2D eigenvalue weighted by molar-refractivity contribution is 0.0940. The van der Waals surface area contributed by atoms with E-state index >= 15 is 0 Å². The Hall–Kier alpha value is -3.06. The Morgan fingerprint density at radius 2 is 1.63 bits per heavy atom. The molecule has 3 rings (SSSR count). The Labute approximate surface area is 177 Å². The van der Waals surface area contributed by atoms with Gasteiger partial charge in [-0.1, -0.05) is 12.1 Å². The maximum Gasteiger partial charge on any atom is 0.251 e. The summed E-state index contributed by atoms with van der Waals surface area (Å²) in [6.07, 6.45) is 2.17. The zero-order chi connectivity index (χ0) is 21.3. The largest absolute Gasteiger partial charge is 0.493 e. The number of piperidine rings is 1. The fraction of sp³-hybridized carbons (Fsp3) is 0.391. The molecule has 1 fully saturated rings. The molecule has 1 aliphatic rings. The predicted octanol–water partition coefficient (Wildman–Crippen LogP) is 2.36. The minimum atomic E-state index is -0.225. The van der Waals surface area contributed by atoms with Crippen LogP contribution in [-0.2, 0) is 6.54 Å². The minimum absolute atomic E-state index is 0.0819. The van der Waals surface area contributed by atoms with Gasteiger partial charge in [-0.3, -0.25) is 9.59 Å². The van der Waals surface area contributed by atoms with Crippen LogP contribution in [0.5, 0.6) is 11.5 Å². The molecule has 0 spiro atoms. The van der Waals surface area contributed by atoms with E-state index in [2.05, 4.69) is 16.0 Å². The molecule has 0 radical (unpaired) electrons. The fourth-order valence-electron chi connectivity index (χ4n) is 3.51. The topological polar surface area (TPSA) is 88.7 Å². The van der Waals surface area contributed by atoms with Crippen LogP contribution in [-0.4, -0.2) is 45.7 Å². The zero-order valence-corrected chi connectivity index (χ0v) is 17.5. The molecule has 1 aliphatic heterocycles. The maximum atomic E-state index is 12.5. The van der Waals surface area contributed by atoms with Crippen LogP contribution < -0.4 is 25.4 Å². The second kappa shape index (κ2) is 10.6. The average molecular weight is 412 g/mol. The molecule has 0 aromatic heterocycles. The molecule has 0 saturated carbocycles. The second-order valence-corrected chi connectivity index (χ2v) is 7.36. The molecule has 7 nitrogen and oxygen atoms in total. The Bertz CT molecular complexity index is 879. The number of hydrogen-bond donors (Lipinski definition) is 3. The van der Waals surface area contributed by atoms with E-state index < -0.39 is 0 Å². The zero-order valence-electron chi connectivity index (χ0n) is 17.5. The van der Waals surface area contributed by atoms with Gasteiger partial charge in [0.25, 0.3) is 11.8 Å². The molecule has 1 saturated heterocycles. The molecule has 3 N–H and O–H groups in total. The monoisotopic (exact) mass is 411 g/mol. The Kier molecular flexibility index (Phi) is 7.68. The van der Waals surface area contributed by atoms with E-state index in [1.165, 1.54) is 7.11 Å². The van der Waals surface area contributed by atoms with Gasteiger partial charge in [0.05, 0.1) is 14.2 Å². The van der Waals surface area contributed by atoms with Gasteiger partial charge in [0.2, 0.25) is 0 Å². The molecule has 0 unspecified atom stereocenters. The second-order valence-electron chi connectivity index (χ2n) is 7.36. The highest BCUT2D eigenvalue weighted by molar-refractivity contribution is 5.95. The van der Waals surface area contributed by atoms with Gasteiger partial charge < -0.3 is 25.4 Å². The van der Waals surface area contributed by atoms with Crippen LogP contribution in [0.3, 0.4) is 0 Å². The summed E-state index contributed by atoms with van der Waals surface area (Å²) in [6.45, 7) is 3.04. The lowest BCUT2D eigenvalue weighted by Gasteiger charge is -2.22. The summed E-state index contributed by atoms with van der Waals surface area (Å²) in [5, 5.41) is 9.24. The first kappa shape index (κ1) is 21.6. The van der Waals surface area contributed by atoms with Crippen molar-refractivity contribution in [3.63, 3.8) is 0 Å². The van der Waals surface area contributed by atoms with Crippen molar-refractivity contribution in [3.8, 4) is 11.5 Å². The first-order valence-corrected chi connectivity index (χ1v) is 10.2. The first-order chi connectivity index (χ1) is 14.6. The fourth-order valence-corrected chi connectivity index (χ4v) is 3.51. The number of carbonyl (C=O) groups is 2. The van der Waals surface area contributed by atoms with Crippen molar-refractivity contribution in [2.75, 3.05) is 33.9 Å². The van der Waals surface area contributed by atoms with Gasteiger partial charge in [-0.25, -0.2) is 0 Å². The Morgan fingerprint density at radius 3 is 2.37 bits per heavy atom. The van der Waals surface area contributed by atoms with E-state index in [0.29, 0.717) is 41.6 Å². The lowest BCUT2D eigenvalue weighted by Crippen LogP contribution is -2.36. The summed E-state index contributed by atoms with van der Waals surface area (Å²) in [5.74, 6) is 1.28. The van der Waals surface area contributed by atoms with Crippen LogP contribution in [0.25, 0.3) is 0 Å². The number of carbonyl (C=O) groups excluding carboxylic acids is 2. The highest BCUT2D eigenvalue weighted by Crippen LogP contribution is 2.27. The number of ether oxygens (including phenoxy) is 2. The summed E-state index contributed by atoms with van der Waals surface area (Å²) in [5.41, 5.74) is 1.93. The Balaban J connectivity index is 1.55. The molecule has 2 amide bonds. The van der Waals surface area contributed by atoms with Gasteiger partial charge in [0, 0.05) is 24.2 Å². The number of rotatable bonds is 8. The van der Waals surface area contributed by atoms with E-state index in [1.807, 2.05) is 18.2 Å². The number of methoxy groups -OCH3 is 2. The lowest BCUT2D eigenvalue weighted by atomic mass is 9.98. The van der Waals surface area contributed by atoms with E-state index in [-0.39, 0.29) is 11.8 Å². The minimum Gasteiger partial charge on any atom is -0.493 e. The maximum absolute atomic E-state index is 12.5. The number of benzene rings is 2. The smallest absolute Gasteiger partial charge is 0.251 e. The highest BCUT2D eigenvalue weighted by atomic mass is 16.5. The number of hydrogen-bond acceptors (Lipinski definition) is 5. The van der Waals surface area contributed by atoms with Crippen LogP contribution in [0.4, 0.5) is 0 Å². The molecule has 0 bridgehead atoms. The van der Waals surface area contributed by atoms with Gasteiger partial charge in [-0.2, -0.15) is 0 Å². The van der Waals surface area contributed by atoms with Crippen molar-refractivity contribution in [1.82, 2.24) is 16.0 Å². The summed E-state index contributed by atoms with van der Waals surface area (Å²) in [6, 6.07) is 12.3. The van der Waals surface area contributed by atoms with Gasteiger partial charge in [-0.05, 0) is 67.7 Å². The van der Waals surface area contributed by atoms with Gasteiger partial charge >= 0.3 is 0 Å². The SMILES string of the molecule is COc1ccc(C(=O)NCc2cccc(C(=O)NCC3CCNCC3)c2)cc1OC. The van der Waals surface area contributed by atoms with Gasteiger partial charge in [-0.15, -0.1) is 0 Å². The van der Waals surface area contributed by atoms with E-state index in [9.17, 15) is 9.59 Å².